The Hall–Kier alpha value is -3.01. The molecule has 3 aromatic carbocycles. The van der Waals surface area contributed by atoms with Gasteiger partial charge in [0.15, 0.2) is 0 Å². The first-order valence-electron chi connectivity index (χ1n) is 10.4. The lowest BCUT2D eigenvalue weighted by Gasteiger charge is -2.21. The van der Waals surface area contributed by atoms with Crippen molar-refractivity contribution >= 4 is 7.82 Å². The summed E-state index contributed by atoms with van der Waals surface area (Å²) in [4.78, 5) is 2.06. The summed E-state index contributed by atoms with van der Waals surface area (Å²) >= 11 is 0. The molecular formula is C26H32NO4P. The summed E-state index contributed by atoms with van der Waals surface area (Å²) in [6, 6.07) is 22.0. The largest absolute Gasteiger partial charge is 0.647 e. The van der Waals surface area contributed by atoms with Crippen LogP contribution in [0.1, 0.15) is 16.7 Å². The highest BCUT2D eigenvalue weighted by Crippen LogP contribution is 2.51. The van der Waals surface area contributed by atoms with E-state index in [1.54, 1.807) is 18.2 Å². The number of aryl methyl sites for hydroxylation is 3. The first-order chi connectivity index (χ1) is 15.2. The minimum atomic E-state index is -3.97. The second kappa shape index (κ2) is 12.1. The van der Waals surface area contributed by atoms with Crippen LogP contribution in [0.5, 0.6) is 17.2 Å². The van der Waals surface area contributed by atoms with Crippen molar-refractivity contribution in [2.24, 2.45) is 0 Å². The third kappa shape index (κ3) is 7.92. The molecule has 0 saturated heterocycles. The lowest BCUT2D eigenvalue weighted by atomic mass is 10.2. The first-order valence-corrected chi connectivity index (χ1v) is 11.8. The fourth-order valence-corrected chi connectivity index (χ4v) is 4.10. The van der Waals surface area contributed by atoms with Crippen molar-refractivity contribution in [3.05, 3.63) is 102 Å². The van der Waals surface area contributed by atoms with Gasteiger partial charge in [-0.15, -0.1) is 6.58 Å². The van der Waals surface area contributed by atoms with Gasteiger partial charge in [0.2, 0.25) is 0 Å². The van der Waals surface area contributed by atoms with Crippen LogP contribution in [0.15, 0.2) is 85.5 Å². The molecule has 0 bridgehead atoms. The molecule has 0 spiro atoms. The van der Waals surface area contributed by atoms with Crippen molar-refractivity contribution < 1.29 is 18.1 Å². The van der Waals surface area contributed by atoms with E-state index >= 15 is 0 Å². The highest BCUT2D eigenvalue weighted by Gasteiger charge is 2.34. The summed E-state index contributed by atoms with van der Waals surface area (Å²) < 4.78 is 30.8. The van der Waals surface area contributed by atoms with E-state index in [2.05, 4.69) is 11.5 Å². The Bertz CT molecular complexity index is 943. The Morgan fingerprint density at radius 1 is 0.719 bits per heavy atom. The van der Waals surface area contributed by atoms with E-state index in [0.29, 0.717) is 17.2 Å². The van der Waals surface area contributed by atoms with Crippen molar-refractivity contribution in [3.63, 3.8) is 0 Å². The molecule has 0 unspecified atom stereocenters. The maximum absolute atomic E-state index is 13.5. The fourth-order valence-electron chi connectivity index (χ4n) is 2.65. The molecule has 6 heteroatoms. The van der Waals surface area contributed by atoms with Crippen LogP contribution in [0.2, 0.25) is 0 Å². The minimum absolute atomic E-state index is 0.456. The third-order valence-electron chi connectivity index (χ3n) is 4.41. The summed E-state index contributed by atoms with van der Waals surface area (Å²) in [5.41, 5.74) is 2.53. The van der Waals surface area contributed by atoms with Crippen LogP contribution in [0.25, 0.3) is 0 Å². The molecule has 0 fully saturated rings. The zero-order valence-corrected chi connectivity index (χ0v) is 20.3. The number of benzene rings is 3. The minimum Gasteiger partial charge on any atom is -0.386 e. The van der Waals surface area contributed by atoms with Crippen molar-refractivity contribution in [1.82, 2.24) is 4.90 Å². The van der Waals surface area contributed by atoms with Crippen molar-refractivity contribution in [3.8, 4) is 17.2 Å². The Balaban J connectivity index is 0.000000534. The second-order valence-electron chi connectivity index (χ2n) is 7.57. The molecule has 0 amide bonds. The molecule has 0 aliphatic heterocycles. The third-order valence-corrected chi connectivity index (χ3v) is 5.67. The average molecular weight is 454 g/mol. The van der Waals surface area contributed by atoms with Gasteiger partial charge in [-0.3, -0.25) is 0 Å². The molecule has 0 saturated carbocycles. The summed E-state index contributed by atoms with van der Waals surface area (Å²) in [5, 5.41) is 0. The van der Waals surface area contributed by atoms with Crippen molar-refractivity contribution in [1.29, 1.82) is 0 Å². The molecule has 0 heterocycles. The maximum Gasteiger partial charge on any atom is 0.647 e. The molecule has 0 radical (unpaired) electrons. The Labute approximate surface area is 191 Å². The van der Waals surface area contributed by atoms with E-state index in [1.807, 2.05) is 95.5 Å². The van der Waals surface area contributed by atoms with Crippen molar-refractivity contribution in [2.45, 2.75) is 20.8 Å². The van der Waals surface area contributed by atoms with Crippen molar-refractivity contribution in [2.75, 3.05) is 20.6 Å². The lowest BCUT2D eigenvalue weighted by Crippen LogP contribution is -2.09. The number of nitrogens with zero attached hydrogens (tertiary/aromatic N) is 1. The highest BCUT2D eigenvalue weighted by atomic mass is 31.2. The number of hydrogen-bond donors (Lipinski definition) is 0. The predicted molar refractivity (Wildman–Crippen MR) is 132 cm³/mol. The monoisotopic (exact) mass is 453 g/mol. The summed E-state index contributed by atoms with van der Waals surface area (Å²) in [6.07, 6.45) is 1.88. The number of phosphoric acid groups is 1. The van der Waals surface area contributed by atoms with Gasteiger partial charge < -0.3 is 18.5 Å². The van der Waals surface area contributed by atoms with E-state index in [9.17, 15) is 4.57 Å². The van der Waals surface area contributed by atoms with Gasteiger partial charge in [0.05, 0.1) is 0 Å². The standard InChI is InChI=1S/C21H21O4P.C5H11N/c1-16-10-4-7-13-19(16)23-26(22,24-20-14-8-5-11-17(20)2)25-21-15-9-6-12-18(21)3;1-4-5-6(2)3/h4-15H,1-3H3;4H,1,5H2,2-3H3. The summed E-state index contributed by atoms with van der Waals surface area (Å²) in [5.74, 6) is 1.37. The van der Waals surface area contributed by atoms with Crippen LogP contribution in [0.4, 0.5) is 0 Å². The Kier molecular flexibility index (Phi) is 9.58. The van der Waals surface area contributed by atoms with E-state index in [1.165, 1.54) is 0 Å². The zero-order valence-electron chi connectivity index (χ0n) is 19.4. The molecule has 0 atom stereocenters. The smallest absolute Gasteiger partial charge is 0.386 e. The topological polar surface area (TPSA) is 48.0 Å². The zero-order chi connectivity index (χ0) is 23.6. The van der Waals surface area contributed by atoms with E-state index in [4.69, 9.17) is 13.6 Å². The Morgan fingerprint density at radius 3 is 1.25 bits per heavy atom. The van der Waals surface area contributed by atoms with Gasteiger partial charge in [0.25, 0.3) is 0 Å². The molecule has 0 N–H and O–H groups in total. The number of phosphoric ester groups is 1. The van der Waals surface area contributed by atoms with E-state index < -0.39 is 7.82 Å². The molecule has 5 nitrogen and oxygen atoms in total. The molecular weight excluding hydrogens is 421 g/mol. The lowest BCUT2D eigenvalue weighted by molar-refractivity contribution is 0.296. The first kappa shape index (κ1) is 25.3. The van der Waals surface area contributed by atoms with Crippen LogP contribution in [-0.4, -0.2) is 25.5 Å². The van der Waals surface area contributed by atoms with Gasteiger partial charge in [-0.25, -0.2) is 0 Å². The summed E-state index contributed by atoms with van der Waals surface area (Å²) in [7, 11) is 0.0652. The normalized spacial score (nSPS) is 10.7. The van der Waals surface area contributed by atoms with Gasteiger partial charge in [-0.2, -0.15) is 4.57 Å². The highest BCUT2D eigenvalue weighted by molar-refractivity contribution is 7.49. The van der Waals surface area contributed by atoms with E-state index in [-0.39, 0.29) is 0 Å². The van der Waals surface area contributed by atoms with Crippen LogP contribution >= 0.6 is 7.82 Å². The van der Waals surface area contributed by atoms with Gasteiger partial charge in [-0.1, -0.05) is 60.7 Å². The summed E-state index contributed by atoms with van der Waals surface area (Å²) in [6.45, 7) is 10.2. The SMILES string of the molecule is C=CCN(C)C.Cc1ccccc1OP(=O)(Oc1ccccc1C)Oc1ccccc1C. The van der Waals surface area contributed by atoms with E-state index in [0.717, 1.165) is 23.2 Å². The second-order valence-corrected chi connectivity index (χ2v) is 9.01. The van der Waals surface area contributed by atoms with Gasteiger partial charge in [0, 0.05) is 6.54 Å². The van der Waals surface area contributed by atoms with Gasteiger partial charge in [0.1, 0.15) is 17.2 Å². The maximum atomic E-state index is 13.5. The molecule has 170 valence electrons. The van der Waals surface area contributed by atoms with Crippen LogP contribution in [0, 0.1) is 20.8 Å². The van der Waals surface area contributed by atoms with Gasteiger partial charge in [-0.05, 0) is 69.8 Å². The quantitative estimate of drug-likeness (QED) is 0.272. The molecule has 3 aromatic rings. The predicted octanol–water partition coefficient (Wildman–Crippen LogP) is 6.99. The number of hydrogen-bond acceptors (Lipinski definition) is 5. The average Bonchev–Trinajstić information content (AvgIpc) is 2.74. The van der Waals surface area contributed by atoms with Crippen LogP contribution in [0.3, 0.4) is 0 Å². The molecule has 0 aliphatic carbocycles. The van der Waals surface area contributed by atoms with Crippen LogP contribution < -0.4 is 13.6 Å². The number of para-hydroxylation sites is 3. The molecule has 3 rings (SSSR count). The molecule has 0 aromatic heterocycles. The van der Waals surface area contributed by atoms with Crippen LogP contribution in [-0.2, 0) is 4.57 Å². The van der Waals surface area contributed by atoms with Gasteiger partial charge >= 0.3 is 7.82 Å². The fraction of sp³-hybridized carbons (Fsp3) is 0.231. The number of likely N-dealkylation sites (N-methyl/N-ethyl adjacent to an activating group) is 1. The molecule has 0 aliphatic rings. The Morgan fingerprint density at radius 2 is 1.03 bits per heavy atom. The number of rotatable bonds is 8. The molecule has 32 heavy (non-hydrogen) atoms.